The van der Waals surface area contributed by atoms with Gasteiger partial charge in [0.1, 0.15) is 36.6 Å². The molecule has 0 aromatic carbocycles. The first-order valence-electron chi connectivity index (χ1n) is 19.4. The fraction of sp³-hybridized carbons (Fsp3) is 0.947. The van der Waals surface area contributed by atoms with Crippen LogP contribution in [0.2, 0.25) is 0 Å². The predicted octanol–water partition coefficient (Wildman–Crippen LogP) is 2.00. The molecule has 7 fully saturated rings. The largest absolute Gasteiger partial charge is 0.393 e. The van der Waals surface area contributed by atoms with Gasteiger partial charge in [0.2, 0.25) is 0 Å². The van der Waals surface area contributed by atoms with Crippen LogP contribution >= 0.6 is 0 Å². The second kappa shape index (κ2) is 12.9. The highest BCUT2D eigenvalue weighted by atomic mass is 16.8. The van der Waals surface area contributed by atoms with Gasteiger partial charge < -0.3 is 59.1 Å². The van der Waals surface area contributed by atoms with Gasteiger partial charge >= 0.3 is 0 Å². The Balaban J connectivity index is 1.04. The second-order valence-electron chi connectivity index (χ2n) is 17.9. The summed E-state index contributed by atoms with van der Waals surface area (Å²) in [6.45, 7) is 11.5. The zero-order valence-electron chi connectivity index (χ0n) is 30.2. The molecule has 0 unspecified atom stereocenters. The lowest BCUT2D eigenvalue weighted by Gasteiger charge is -2.60. The third-order valence-electron chi connectivity index (χ3n) is 15.2. The lowest BCUT2D eigenvalue weighted by Crippen LogP contribution is -2.63. The number of fused-ring (bicyclic) bond motifs is 7. The van der Waals surface area contributed by atoms with Crippen LogP contribution in [-0.2, 0) is 28.4 Å². The van der Waals surface area contributed by atoms with E-state index in [2.05, 4.69) is 33.8 Å². The lowest BCUT2D eigenvalue weighted by atomic mass is 9.46. The molecule has 50 heavy (non-hydrogen) atoms. The molecule has 3 saturated carbocycles. The summed E-state index contributed by atoms with van der Waals surface area (Å²) in [4.78, 5) is 0. The quantitative estimate of drug-likeness (QED) is 0.235. The molecule has 0 aromatic rings. The highest BCUT2D eigenvalue weighted by molar-refractivity contribution is 5.28. The molecule has 6 N–H and O–H groups in total. The predicted molar refractivity (Wildman–Crippen MR) is 177 cm³/mol. The first-order chi connectivity index (χ1) is 23.7. The van der Waals surface area contributed by atoms with Crippen LogP contribution in [0.25, 0.3) is 0 Å². The summed E-state index contributed by atoms with van der Waals surface area (Å²) >= 11 is 0. The van der Waals surface area contributed by atoms with Crippen molar-refractivity contribution in [2.75, 3.05) is 13.2 Å². The summed E-state index contributed by atoms with van der Waals surface area (Å²) in [5.74, 6) is 2.08. The Hall–Kier alpha value is -0.740. The highest BCUT2D eigenvalue weighted by Gasteiger charge is 2.69. The summed E-state index contributed by atoms with van der Waals surface area (Å²) < 4.78 is 38.0. The van der Waals surface area contributed by atoms with Gasteiger partial charge in [-0.05, 0) is 80.5 Å². The van der Waals surface area contributed by atoms with Crippen LogP contribution < -0.4 is 0 Å². The number of ether oxygens (including phenoxy) is 6. The van der Waals surface area contributed by atoms with E-state index in [1.165, 1.54) is 5.57 Å². The Morgan fingerprint density at radius 1 is 0.820 bits per heavy atom. The van der Waals surface area contributed by atoms with Crippen LogP contribution in [-0.4, -0.2) is 123 Å². The van der Waals surface area contributed by atoms with Crippen LogP contribution in [0.1, 0.15) is 86.0 Å². The number of hydrogen-bond acceptors (Lipinski definition) is 12. The fourth-order valence-electron chi connectivity index (χ4n) is 12.4. The summed E-state index contributed by atoms with van der Waals surface area (Å²) in [6.07, 6.45) is -3.26. The van der Waals surface area contributed by atoms with Gasteiger partial charge in [0.05, 0.1) is 37.6 Å². The van der Waals surface area contributed by atoms with Crippen molar-refractivity contribution in [3.05, 3.63) is 11.6 Å². The molecule has 4 heterocycles. The minimum absolute atomic E-state index is 0.134. The Morgan fingerprint density at radius 2 is 1.60 bits per heavy atom. The summed E-state index contributed by atoms with van der Waals surface area (Å²) in [6, 6.07) is 0. The van der Waals surface area contributed by atoms with Crippen LogP contribution in [0.5, 0.6) is 0 Å². The third-order valence-corrected chi connectivity index (χ3v) is 15.2. The van der Waals surface area contributed by atoms with Gasteiger partial charge in [-0.3, -0.25) is 0 Å². The lowest BCUT2D eigenvalue weighted by molar-refractivity contribution is -0.362. The van der Waals surface area contributed by atoms with Crippen LogP contribution in [0.3, 0.4) is 0 Å². The Bertz CT molecular complexity index is 1290. The molecule has 0 bridgehead atoms. The summed E-state index contributed by atoms with van der Waals surface area (Å²) in [5.41, 5.74) is 0.917. The monoisotopic (exact) mass is 708 g/mol. The smallest absolute Gasteiger partial charge is 0.187 e. The Labute approximate surface area is 295 Å². The molecular weight excluding hydrogens is 648 g/mol. The van der Waals surface area contributed by atoms with Crippen molar-refractivity contribution < 1.29 is 59.1 Å². The van der Waals surface area contributed by atoms with E-state index in [1.807, 2.05) is 0 Å². The van der Waals surface area contributed by atoms with E-state index in [0.29, 0.717) is 48.3 Å². The van der Waals surface area contributed by atoms with E-state index in [0.717, 1.165) is 45.1 Å². The zero-order chi connectivity index (χ0) is 35.5. The molecule has 284 valence electrons. The number of allylic oxidation sites excluding steroid dienone is 1. The second-order valence-corrected chi connectivity index (χ2v) is 17.9. The average molecular weight is 709 g/mol. The molecule has 21 atom stereocenters. The van der Waals surface area contributed by atoms with Gasteiger partial charge in [0, 0.05) is 24.2 Å². The van der Waals surface area contributed by atoms with Crippen molar-refractivity contribution in [2.24, 2.45) is 46.3 Å². The van der Waals surface area contributed by atoms with Crippen molar-refractivity contribution in [2.45, 2.75) is 165 Å². The first kappa shape index (κ1) is 36.2. The van der Waals surface area contributed by atoms with Crippen molar-refractivity contribution in [1.82, 2.24) is 0 Å². The molecule has 4 aliphatic carbocycles. The highest BCUT2D eigenvalue weighted by Crippen LogP contribution is 2.71. The first-order valence-corrected chi connectivity index (χ1v) is 19.4. The van der Waals surface area contributed by atoms with E-state index in [9.17, 15) is 30.6 Å². The molecule has 4 saturated heterocycles. The maximum absolute atomic E-state index is 11.1. The molecule has 8 rings (SSSR count). The maximum atomic E-state index is 11.1. The molecule has 4 aliphatic heterocycles. The van der Waals surface area contributed by atoms with E-state index in [1.54, 1.807) is 6.92 Å². The number of aliphatic hydroxyl groups excluding tert-OH is 6. The van der Waals surface area contributed by atoms with Gasteiger partial charge in [-0.1, -0.05) is 39.3 Å². The standard InChI is InChI=1S/C38H60O12/c1-17-8-11-38(46-15-17)18(2)28-26(50-38)14-24-22-7-6-20-12-21(39)13-27(37(20,5)23(22)9-10-36(24,28)4)48-35-33(30(42)25(40)16-45-35)49-34-32(44)31(43)29(41)19(3)47-34/h6,17-19,21-35,39-44H,7-16H2,1-5H3/t17-,18-,19-,21+,22-,23-,24-,25+,26-,27+,28-,29-,30+,31+,32+,33+,34-,35+,36+,37+,38+/m0/s1. The zero-order valence-corrected chi connectivity index (χ0v) is 30.2. The van der Waals surface area contributed by atoms with Crippen LogP contribution in [0, 0.1) is 46.3 Å². The van der Waals surface area contributed by atoms with Crippen molar-refractivity contribution in [1.29, 1.82) is 0 Å². The fourth-order valence-corrected chi connectivity index (χ4v) is 12.4. The molecule has 8 aliphatic rings. The van der Waals surface area contributed by atoms with Crippen molar-refractivity contribution in [3.63, 3.8) is 0 Å². The van der Waals surface area contributed by atoms with E-state index >= 15 is 0 Å². The molecule has 0 amide bonds. The minimum Gasteiger partial charge on any atom is -0.393 e. The molecule has 0 aromatic heterocycles. The van der Waals surface area contributed by atoms with Gasteiger partial charge in [-0.2, -0.15) is 0 Å². The van der Waals surface area contributed by atoms with Gasteiger partial charge in [-0.15, -0.1) is 0 Å². The number of rotatable bonds is 4. The minimum atomic E-state index is -1.60. The van der Waals surface area contributed by atoms with Crippen LogP contribution in [0.15, 0.2) is 11.6 Å². The average Bonchev–Trinajstić information content (AvgIpc) is 3.53. The molecule has 12 nitrogen and oxygen atoms in total. The van der Waals surface area contributed by atoms with Crippen LogP contribution in [0.4, 0.5) is 0 Å². The summed E-state index contributed by atoms with van der Waals surface area (Å²) in [5, 5.41) is 64.1. The number of aliphatic hydroxyl groups is 6. The topological polar surface area (TPSA) is 177 Å². The maximum Gasteiger partial charge on any atom is 0.187 e. The van der Waals surface area contributed by atoms with Gasteiger partial charge in [0.15, 0.2) is 18.4 Å². The van der Waals surface area contributed by atoms with Gasteiger partial charge in [0.25, 0.3) is 0 Å². The third kappa shape index (κ3) is 5.45. The summed E-state index contributed by atoms with van der Waals surface area (Å²) in [7, 11) is 0. The van der Waals surface area contributed by atoms with Gasteiger partial charge in [-0.25, -0.2) is 0 Å². The number of hydrogen-bond donors (Lipinski definition) is 6. The SMILES string of the molecule is C[C@H]1CC[C@@]2(OC1)O[C@H]1C[C@H]3[C@H]4CC=C5C[C@@H](O)C[C@@H](O[C@H]6OC[C@@H](O)[C@@H](O)[C@H]6O[C@@H]6O[C@@H](C)[C@H](O)[C@@H](O)[C@H]6O)[C@@]5(C)[C@H]4CC[C@@]3(C)[C@H]1[C@@H]2C. The van der Waals surface area contributed by atoms with E-state index in [4.69, 9.17) is 28.4 Å². The molecule has 1 spiro atoms. The van der Waals surface area contributed by atoms with Crippen molar-refractivity contribution >= 4 is 0 Å². The van der Waals surface area contributed by atoms with E-state index in [-0.39, 0.29) is 18.1 Å². The van der Waals surface area contributed by atoms with E-state index < -0.39 is 78.7 Å². The normalized spacial score (nSPS) is 59.3. The molecular formula is C38H60O12. The Morgan fingerprint density at radius 3 is 2.34 bits per heavy atom. The molecule has 0 radical (unpaired) electrons. The Kier molecular flexibility index (Phi) is 9.38. The van der Waals surface area contributed by atoms with Crippen molar-refractivity contribution in [3.8, 4) is 0 Å². The molecule has 12 heteroatoms.